The number of rotatable bonds is 14. The van der Waals surface area contributed by atoms with Crippen LogP contribution in [0.1, 0.15) is 88.5 Å². The van der Waals surface area contributed by atoms with E-state index in [0.29, 0.717) is 0 Å². The fourth-order valence-corrected chi connectivity index (χ4v) is 15.7. The van der Waals surface area contributed by atoms with Crippen LogP contribution in [0.4, 0.5) is 0 Å². The summed E-state index contributed by atoms with van der Waals surface area (Å²) in [5.74, 6) is 0. The molecule has 6 rings (SSSR count). The minimum absolute atomic E-state index is 0.826. The molecule has 1 nitrogen and oxygen atoms in total. The molecule has 0 unspecified atom stereocenters. The van der Waals surface area contributed by atoms with Crippen molar-refractivity contribution in [2.45, 2.75) is 131 Å². The van der Waals surface area contributed by atoms with Gasteiger partial charge < -0.3 is 4.14 Å². The second-order valence-corrected chi connectivity index (χ2v) is 31.0. The number of nitrogens with zero attached hydrogens (tertiary/aromatic N) is 1. The second-order valence-electron chi connectivity index (χ2n) is 17.1. The Morgan fingerprint density at radius 3 is 1.18 bits per heavy atom. The third-order valence-corrected chi connectivity index (χ3v) is 17.3. The van der Waals surface area contributed by atoms with Gasteiger partial charge in [0.05, 0.1) is 0 Å². The van der Waals surface area contributed by atoms with Crippen LogP contribution >= 0.6 is 17.0 Å². The Labute approximate surface area is 370 Å². The summed E-state index contributed by atoms with van der Waals surface area (Å²) >= 11 is -0.826. The Hall–Kier alpha value is -1.98. The Morgan fingerprint density at radius 1 is 0.509 bits per heavy atom. The van der Waals surface area contributed by atoms with Crippen LogP contribution in [0.2, 0.25) is 39.3 Å². The molecule has 0 aromatic heterocycles. The van der Waals surface area contributed by atoms with Gasteiger partial charge in [-0.3, -0.25) is 0 Å². The zero-order valence-electron chi connectivity index (χ0n) is 36.7. The number of benzene rings is 4. The van der Waals surface area contributed by atoms with E-state index in [1.165, 1.54) is 130 Å². The molecule has 0 aliphatic rings. The van der Waals surface area contributed by atoms with E-state index in [0.717, 1.165) is 0 Å². The van der Waals surface area contributed by atoms with E-state index in [1.54, 1.807) is 0 Å². The first-order valence-electron chi connectivity index (χ1n) is 21.3. The van der Waals surface area contributed by atoms with E-state index in [-0.39, 0.29) is 0 Å². The van der Waals surface area contributed by atoms with Gasteiger partial charge in [-0.05, 0) is 60.8 Å². The number of fused-ring (bicyclic) bond motifs is 2. The third kappa shape index (κ3) is 15.2. The molecule has 0 N–H and O–H groups in total. The summed E-state index contributed by atoms with van der Waals surface area (Å²) < 4.78 is 2.15. The molecule has 0 saturated carbocycles. The van der Waals surface area contributed by atoms with Crippen LogP contribution in [0, 0.1) is 0 Å². The third-order valence-electron chi connectivity index (χ3n) is 10.4. The topological polar surface area (TPSA) is 3.24 Å². The Bertz CT molecular complexity index is 1910. The van der Waals surface area contributed by atoms with Gasteiger partial charge in [0.1, 0.15) is 16.5 Å². The number of halogens is 2. The number of hydrogen-bond donors (Lipinski definition) is 0. The summed E-state index contributed by atoms with van der Waals surface area (Å²) in [7, 11) is 13.4. The van der Waals surface area contributed by atoms with E-state index in [4.69, 9.17) is 25.0 Å². The minimum atomic E-state index is -1.22. The normalized spacial score (nSPS) is 11.3. The van der Waals surface area contributed by atoms with Gasteiger partial charge in [0, 0.05) is 0 Å². The zero-order chi connectivity index (χ0) is 42.0. The van der Waals surface area contributed by atoms with Gasteiger partial charge >= 0.3 is 37.9 Å². The molecule has 6 aromatic rings. The van der Waals surface area contributed by atoms with Crippen LogP contribution in [0.15, 0.2) is 109 Å². The van der Waals surface area contributed by atoms with Crippen LogP contribution in [-0.2, 0) is 46.5 Å². The summed E-state index contributed by atoms with van der Waals surface area (Å²) in [5, 5.41) is 5.59. The van der Waals surface area contributed by atoms with E-state index in [1.807, 2.05) is 0 Å². The van der Waals surface area contributed by atoms with Crippen molar-refractivity contribution in [3.05, 3.63) is 131 Å². The fraction of sp³-hybridized carbons (Fsp3) is 0.400. The number of hydrogen-bond acceptors (Lipinski definition) is 1. The quantitative estimate of drug-likeness (QED) is 0.0777. The second kappa shape index (κ2) is 24.9. The molecule has 0 heterocycles. The van der Waals surface area contributed by atoms with Crippen molar-refractivity contribution in [3.63, 3.8) is 0 Å². The molecule has 0 aliphatic carbocycles. The van der Waals surface area contributed by atoms with Crippen molar-refractivity contribution in [1.82, 2.24) is 4.14 Å². The van der Waals surface area contributed by atoms with Gasteiger partial charge in [-0.2, -0.15) is 12.1 Å². The molecule has 0 atom stereocenters. The standard InChI is InChI=1S/2C22H25.C6H18BNSi2.2ClH.Zr/c2*1-3-5-10-18-11-6-7-13-20(18)21-14-8-12-19-15-17(9-4-2)16-22(19)21;1-9(2,3)8(7)10(4,5)6;;;/h2*6-8,11-16H,3-5,9-10H2,1-2H3;1-6H3;2*1H;/q2*-1;;;;+4/p-2. The molecule has 7 heteroatoms. The van der Waals surface area contributed by atoms with E-state index in [9.17, 15) is 0 Å². The first-order chi connectivity index (χ1) is 27.2. The maximum atomic E-state index is 5.98. The van der Waals surface area contributed by atoms with Crippen LogP contribution in [0.3, 0.4) is 0 Å². The molecule has 6 aromatic carbocycles. The van der Waals surface area contributed by atoms with Crippen molar-refractivity contribution >= 4 is 63.0 Å². The van der Waals surface area contributed by atoms with E-state index < -0.39 is 37.3 Å². The fourth-order valence-electron chi connectivity index (χ4n) is 7.67. The van der Waals surface area contributed by atoms with Gasteiger partial charge in [0.2, 0.25) is 0 Å². The van der Waals surface area contributed by atoms with E-state index in [2.05, 4.69) is 180 Å². The maximum absolute atomic E-state index is 5.98. The van der Waals surface area contributed by atoms with Gasteiger partial charge in [-0.25, -0.2) is 0 Å². The van der Waals surface area contributed by atoms with Crippen LogP contribution in [0.25, 0.3) is 43.8 Å². The molecule has 2 radical (unpaired) electrons. The Balaban J connectivity index is 0.000000236. The molecule has 0 saturated heterocycles. The molecule has 0 fully saturated rings. The molecule has 0 spiro atoms. The van der Waals surface area contributed by atoms with Crippen LogP contribution in [-0.4, -0.2) is 28.6 Å². The zero-order valence-corrected chi connectivity index (χ0v) is 42.7. The predicted octanol–water partition coefficient (Wildman–Crippen LogP) is 16.5. The SMILES string of the molecule is CCCCc1ccccc1-c1cccc2[cH-]c(CCC)cc12.CCCCc1ccccc1-c1cccc2[cH-]c(CCC)cc12.[B]N([Si](C)(C)C)[Si](C)(C)C.[Cl][Zr+2][Cl]. The molecule has 0 aliphatic heterocycles. The van der Waals surface area contributed by atoms with Crippen molar-refractivity contribution in [1.29, 1.82) is 0 Å². The average Bonchev–Trinajstić information content (AvgIpc) is 3.80. The molecular formula is C50H68BCl2NSi2Zr. The summed E-state index contributed by atoms with van der Waals surface area (Å²) in [5.41, 5.74) is 11.5. The van der Waals surface area contributed by atoms with E-state index >= 15 is 0 Å². The van der Waals surface area contributed by atoms with Crippen molar-refractivity contribution in [3.8, 4) is 22.3 Å². The summed E-state index contributed by atoms with van der Waals surface area (Å²) in [4.78, 5) is 0. The summed E-state index contributed by atoms with van der Waals surface area (Å²) in [6.07, 6.45) is 12.1. The van der Waals surface area contributed by atoms with Crippen LogP contribution < -0.4 is 0 Å². The van der Waals surface area contributed by atoms with Crippen molar-refractivity contribution in [2.24, 2.45) is 0 Å². The van der Waals surface area contributed by atoms with Gasteiger partial charge in [-0.1, -0.05) is 164 Å². The molecule has 0 amide bonds. The molecule has 0 bridgehead atoms. The summed E-state index contributed by atoms with van der Waals surface area (Å²) in [6, 6.07) is 40.8. The first-order valence-corrected chi connectivity index (χ1v) is 34.5. The van der Waals surface area contributed by atoms with Gasteiger partial charge in [0.15, 0.2) is 7.98 Å². The Morgan fingerprint density at radius 2 is 0.860 bits per heavy atom. The van der Waals surface area contributed by atoms with Crippen molar-refractivity contribution in [2.75, 3.05) is 0 Å². The summed E-state index contributed by atoms with van der Waals surface area (Å²) in [6.45, 7) is 22.7. The molecule has 302 valence electrons. The first kappa shape index (κ1) is 49.4. The van der Waals surface area contributed by atoms with Crippen LogP contribution in [0.5, 0.6) is 0 Å². The number of unbranched alkanes of at least 4 members (excludes halogenated alkanes) is 2. The predicted molar refractivity (Wildman–Crippen MR) is 261 cm³/mol. The molecular weight excluding hydrogens is 844 g/mol. The monoisotopic (exact) mass is 909 g/mol. The molecule has 57 heavy (non-hydrogen) atoms. The van der Waals surface area contributed by atoms with Gasteiger partial charge in [-0.15, -0.1) is 69.1 Å². The average molecular weight is 912 g/mol. The number of aryl methyl sites for hydroxylation is 4. The van der Waals surface area contributed by atoms with Gasteiger partial charge in [0.25, 0.3) is 0 Å². The Kier molecular flexibility index (Phi) is 21.6. The van der Waals surface area contributed by atoms with Crippen molar-refractivity contribution < 1.29 is 20.8 Å².